The molecule has 1 heterocycles. The van der Waals surface area contributed by atoms with Gasteiger partial charge >= 0.3 is 0 Å². The molecule has 0 spiro atoms. The number of nitrogens with zero attached hydrogens (tertiary/aromatic N) is 1. The molecule has 0 radical (unpaired) electrons. The van der Waals surface area contributed by atoms with Gasteiger partial charge in [0, 0.05) is 11.1 Å². The minimum atomic E-state index is -3.44. The van der Waals surface area contributed by atoms with Gasteiger partial charge in [0.05, 0.1) is 23.4 Å². The van der Waals surface area contributed by atoms with E-state index in [4.69, 9.17) is 4.52 Å². The molecule has 0 fully saturated rings. The molecule has 0 aliphatic rings. The van der Waals surface area contributed by atoms with Crippen molar-refractivity contribution < 1.29 is 17.7 Å². The van der Waals surface area contributed by atoms with Crippen molar-refractivity contribution in [2.24, 2.45) is 0 Å². The lowest BCUT2D eigenvalue weighted by Crippen LogP contribution is -2.27. The number of sulfonamides is 1. The summed E-state index contributed by atoms with van der Waals surface area (Å²) >= 11 is 0. The minimum Gasteiger partial charge on any atom is -0.355 e. The van der Waals surface area contributed by atoms with Gasteiger partial charge < -0.3 is 9.84 Å². The van der Waals surface area contributed by atoms with Crippen molar-refractivity contribution >= 4 is 32.5 Å². The van der Waals surface area contributed by atoms with Crippen LogP contribution in [0.4, 0.5) is 5.69 Å². The van der Waals surface area contributed by atoms with E-state index in [0.29, 0.717) is 28.1 Å². The zero-order valence-electron chi connectivity index (χ0n) is 17.0. The van der Waals surface area contributed by atoms with E-state index in [2.05, 4.69) is 15.2 Å². The van der Waals surface area contributed by atoms with Gasteiger partial charge in [-0.25, -0.2) is 8.42 Å². The van der Waals surface area contributed by atoms with Crippen molar-refractivity contribution in [1.82, 2.24) is 10.5 Å². The van der Waals surface area contributed by atoms with Crippen LogP contribution in [0.3, 0.4) is 0 Å². The van der Waals surface area contributed by atoms with E-state index in [1.807, 2.05) is 30.3 Å². The smallest absolute Gasteiger partial charge is 0.251 e. The molecule has 0 saturated carbocycles. The fourth-order valence-corrected chi connectivity index (χ4v) is 3.99. The van der Waals surface area contributed by atoms with Crippen LogP contribution in [-0.2, 0) is 10.0 Å². The molecular weight excluding hydrogens is 414 g/mol. The topological polar surface area (TPSA) is 101 Å². The molecule has 0 aliphatic heterocycles. The van der Waals surface area contributed by atoms with E-state index in [1.165, 1.54) is 0 Å². The van der Waals surface area contributed by atoms with Crippen LogP contribution >= 0.6 is 0 Å². The van der Waals surface area contributed by atoms with E-state index in [0.717, 1.165) is 17.2 Å². The highest BCUT2D eigenvalue weighted by molar-refractivity contribution is 7.92. The SMILES string of the molecule is CC(NC(=O)c1ccc2noc(-c3ccccc3)c2c1)c1ccccc1NS(C)(=O)=O. The predicted octanol–water partition coefficient (Wildman–Crippen LogP) is 4.36. The number of benzene rings is 3. The first-order valence-corrected chi connectivity index (χ1v) is 11.5. The number of nitrogens with one attached hydrogen (secondary N) is 2. The molecule has 7 nitrogen and oxygen atoms in total. The van der Waals surface area contributed by atoms with Crippen LogP contribution in [0.5, 0.6) is 0 Å². The Balaban J connectivity index is 1.61. The minimum absolute atomic E-state index is 0.288. The second-order valence-electron chi connectivity index (χ2n) is 7.27. The average molecular weight is 436 g/mol. The van der Waals surface area contributed by atoms with Gasteiger partial charge in [-0.2, -0.15) is 0 Å². The Morgan fingerprint density at radius 3 is 2.45 bits per heavy atom. The third-order valence-electron chi connectivity index (χ3n) is 4.84. The third kappa shape index (κ3) is 4.59. The number of carbonyl (C=O) groups excluding carboxylic acids is 1. The number of hydrogen-bond donors (Lipinski definition) is 2. The Hall–Kier alpha value is -3.65. The number of anilines is 1. The number of hydrogen-bond acceptors (Lipinski definition) is 5. The Kier molecular flexibility index (Phi) is 5.48. The van der Waals surface area contributed by atoms with E-state index in [-0.39, 0.29) is 5.91 Å². The van der Waals surface area contributed by atoms with Crippen molar-refractivity contribution in [1.29, 1.82) is 0 Å². The fourth-order valence-electron chi connectivity index (χ4n) is 3.41. The molecule has 1 unspecified atom stereocenters. The highest BCUT2D eigenvalue weighted by atomic mass is 32.2. The van der Waals surface area contributed by atoms with E-state index in [1.54, 1.807) is 49.4 Å². The molecule has 31 heavy (non-hydrogen) atoms. The summed E-state index contributed by atoms with van der Waals surface area (Å²) in [5, 5.41) is 7.75. The van der Waals surface area contributed by atoms with Crippen molar-refractivity contribution in [3.8, 4) is 11.3 Å². The number of amides is 1. The maximum atomic E-state index is 12.9. The van der Waals surface area contributed by atoms with Crippen LogP contribution in [0.15, 0.2) is 77.3 Å². The molecule has 158 valence electrons. The Morgan fingerprint density at radius 1 is 1.00 bits per heavy atom. The van der Waals surface area contributed by atoms with Gasteiger partial charge in [0.15, 0.2) is 5.76 Å². The molecule has 1 atom stereocenters. The van der Waals surface area contributed by atoms with Crippen LogP contribution in [0, 0.1) is 0 Å². The zero-order chi connectivity index (χ0) is 22.0. The molecular formula is C23H21N3O4S. The van der Waals surface area contributed by atoms with Crippen molar-refractivity contribution in [3.05, 3.63) is 83.9 Å². The highest BCUT2D eigenvalue weighted by Crippen LogP contribution is 2.29. The molecule has 0 saturated heterocycles. The average Bonchev–Trinajstić information content (AvgIpc) is 3.17. The normalized spacial score (nSPS) is 12.5. The van der Waals surface area contributed by atoms with Gasteiger partial charge in [0.2, 0.25) is 10.0 Å². The summed E-state index contributed by atoms with van der Waals surface area (Å²) in [4.78, 5) is 12.9. The summed E-state index contributed by atoms with van der Waals surface area (Å²) in [6.45, 7) is 1.80. The van der Waals surface area contributed by atoms with Crippen molar-refractivity contribution in [2.75, 3.05) is 11.0 Å². The van der Waals surface area contributed by atoms with Gasteiger partial charge in [0.25, 0.3) is 5.91 Å². The standard InChI is InChI=1S/C23H21N3O4S/c1-15(18-10-6-7-11-21(18)26-31(2,28)29)24-23(27)17-12-13-20-19(14-17)22(30-25-20)16-8-4-3-5-9-16/h3-15,26H,1-2H3,(H,24,27). The van der Waals surface area contributed by atoms with Crippen LogP contribution in [-0.4, -0.2) is 25.7 Å². The Labute approximate surface area is 180 Å². The van der Waals surface area contributed by atoms with Gasteiger partial charge in [-0.1, -0.05) is 53.7 Å². The molecule has 1 amide bonds. The monoisotopic (exact) mass is 435 g/mol. The molecule has 3 aromatic carbocycles. The number of para-hydroxylation sites is 1. The molecule has 8 heteroatoms. The molecule has 4 rings (SSSR count). The maximum absolute atomic E-state index is 12.9. The first-order valence-electron chi connectivity index (χ1n) is 9.64. The summed E-state index contributed by atoms with van der Waals surface area (Å²) in [7, 11) is -3.44. The maximum Gasteiger partial charge on any atom is 0.251 e. The molecule has 4 aromatic rings. The van der Waals surface area contributed by atoms with Crippen LogP contribution in [0.1, 0.15) is 28.9 Å². The molecule has 2 N–H and O–H groups in total. The van der Waals surface area contributed by atoms with Gasteiger partial charge in [-0.15, -0.1) is 0 Å². The second kappa shape index (κ2) is 8.23. The summed E-state index contributed by atoms with van der Waals surface area (Å²) in [6.07, 6.45) is 1.09. The number of aromatic nitrogens is 1. The number of rotatable bonds is 6. The molecule has 1 aromatic heterocycles. The van der Waals surface area contributed by atoms with E-state index >= 15 is 0 Å². The van der Waals surface area contributed by atoms with Crippen LogP contribution in [0.25, 0.3) is 22.2 Å². The van der Waals surface area contributed by atoms with Crippen LogP contribution in [0.2, 0.25) is 0 Å². The predicted molar refractivity (Wildman–Crippen MR) is 120 cm³/mol. The Bertz CT molecular complexity index is 1350. The largest absolute Gasteiger partial charge is 0.355 e. The van der Waals surface area contributed by atoms with E-state index < -0.39 is 16.1 Å². The summed E-state index contributed by atoms with van der Waals surface area (Å²) in [5.41, 5.74) is 3.08. The van der Waals surface area contributed by atoms with Gasteiger partial charge in [-0.3, -0.25) is 9.52 Å². The lowest BCUT2D eigenvalue weighted by Gasteiger charge is -2.18. The second-order valence-corrected chi connectivity index (χ2v) is 9.01. The quantitative estimate of drug-likeness (QED) is 0.469. The number of fused-ring (bicyclic) bond motifs is 1. The summed E-state index contributed by atoms with van der Waals surface area (Å²) in [5.74, 6) is 0.310. The third-order valence-corrected chi connectivity index (χ3v) is 5.44. The van der Waals surface area contributed by atoms with Crippen molar-refractivity contribution in [2.45, 2.75) is 13.0 Å². The Morgan fingerprint density at radius 2 is 1.71 bits per heavy atom. The first kappa shape index (κ1) is 20.6. The summed E-state index contributed by atoms with van der Waals surface area (Å²) < 4.78 is 31.3. The lowest BCUT2D eigenvalue weighted by molar-refractivity contribution is 0.0940. The fraction of sp³-hybridized carbons (Fsp3) is 0.130. The molecule has 0 bridgehead atoms. The summed E-state index contributed by atoms with van der Waals surface area (Å²) in [6, 6.07) is 21.3. The lowest BCUT2D eigenvalue weighted by atomic mass is 10.0. The molecule has 0 aliphatic carbocycles. The first-order chi connectivity index (χ1) is 14.8. The van der Waals surface area contributed by atoms with E-state index in [9.17, 15) is 13.2 Å². The number of carbonyl (C=O) groups is 1. The zero-order valence-corrected chi connectivity index (χ0v) is 17.8. The van der Waals surface area contributed by atoms with Crippen LogP contribution < -0.4 is 10.0 Å². The van der Waals surface area contributed by atoms with Gasteiger partial charge in [0.1, 0.15) is 5.52 Å². The highest BCUT2D eigenvalue weighted by Gasteiger charge is 2.18. The van der Waals surface area contributed by atoms with Crippen molar-refractivity contribution in [3.63, 3.8) is 0 Å². The van der Waals surface area contributed by atoms with Gasteiger partial charge in [-0.05, 0) is 36.8 Å².